The Morgan fingerprint density at radius 1 is 1.37 bits per heavy atom. The van der Waals surface area contributed by atoms with Gasteiger partial charge in [0, 0.05) is 24.3 Å². The molecule has 0 saturated carbocycles. The van der Waals surface area contributed by atoms with Crippen molar-refractivity contribution < 1.29 is 8.42 Å². The highest BCUT2D eigenvalue weighted by molar-refractivity contribution is 7.91. The fraction of sp³-hybridized carbons (Fsp3) is 0.571. The van der Waals surface area contributed by atoms with Gasteiger partial charge in [-0.1, -0.05) is 12.1 Å². The van der Waals surface area contributed by atoms with E-state index in [1.165, 1.54) is 5.56 Å². The maximum absolute atomic E-state index is 11.6. The first-order chi connectivity index (χ1) is 8.87. The number of sulfone groups is 1. The molecule has 1 aromatic carbocycles. The van der Waals surface area contributed by atoms with Crippen LogP contribution in [0.2, 0.25) is 0 Å². The van der Waals surface area contributed by atoms with E-state index in [2.05, 4.69) is 29.2 Å². The molecule has 2 N–H and O–H groups in total. The molecule has 2 atom stereocenters. The van der Waals surface area contributed by atoms with Crippen molar-refractivity contribution in [1.29, 1.82) is 0 Å². The van der Waals surface area contributed by atoms with Crippen LogP contribution in [0.1, 0.15) is 19.4 Å². The van der Waals surface area contributed by atoms with Gasteiger partial charge in [-0.05, 0) is 38.0 Å². The summed E-state index contributed by atoms with van der Waals surface area (Å²) in [5.74, 6) is 0.494. The lowest BCUT2D eigenvalue weighted by Gasteiger charge is -2.35. The highest BCUT2D eigenvalue weighted by Gasteiger charge is 2.28. The zero-order chi connectivity index (χ0) is 14.0. The van der Waals surface area contributed by atoms with Gasteiger partial charge >= 0.3 is 0 Å². The molecule has 1 aliphatic heterocycles. The normalized spacial score (nSPS) is 24.2. The third kappa shape index (κ3) is 3.70. The Balaban J connectivity index is 2.10. The molecule has 106 valence electrons. The topological polar surface area (TPSA) is 63.4 Å². The molecule has 1 aliphatic rings. The van der Waals surface area contributed by atoms with Crippen molar-refractivity contribution in [3.63, 3.8) is 0 Å². The molecule has 2 unspecified atom stereocenters. The molecule has 0 spiro atoms. The van der Waals surface area contributed by atoms with Crippen LogP contribution in [0.25, 0.3) is 0 Å². The summed E-state index contributed by atoms with van der Waals surface area (Å²) in [4.78, 5) is 2.16. The Morgan fingerprint density at radius 2 is 2.00 bits per heavy atom. The molecule has 1 aromatic rings. The van der Waals surface area contributed by atoms with Crippen LogP contribution in [-0.2, 0) is 16.3 Å². The van der Waals surface area contributed by atoms with Crippen LogP contribution in [0.3, 0.4) is 0 Å². The van der Waals surface area contributed by atoms with Crippen molar-refractivity contribution in [2.75, 3.05) is 23.0 Å². The van der Waals surface area contributed by atoms with Gasteiger partial charge in [-0.15, -0.1) is 0 Å². The lowest BCUT2D eigenvalue weighted by molar-refractivity contribution is 0.568. The first-order valence-electron chi connectivity index (χ1n) is 6.69. The first kappa shape index (κ1) is 14.3. The average molecular weight is 282 g/mol. The second-order valence-electron chi connectivity index (χ2n) is 5.50. The van der Waals surface area contributed by atoms with Gasteiger partial charge < -0.3 is 10.6 Å². The molecule has 0 amide bonds. The average Bonchev–Trinajstić information content (AvgIpc) is 2.29. The van der Waals surface area contributed by atoms with Gasteiger partial charge in [0.1, 0.15) is 0 Å². The van der Waals surface area contributed by atoms with Crippen LogP contribution < -0.4 is 10.6 Å². The van der Waals surface area contributed by atoms with Crippen molar-refractivity contribution in [2.24, 2.45) is 5.73 Å². The standard InChI is InChI=1S/C14H22N2O2S/c1-11(15)9-13-3-5-14(6-4-13)16-7-8-19(17,18)10-12(16)2/h3-6,11-12H,7-10,15H2,1-2H3. The van der Waals surface area contributed by atoms with E-state index >= 15 is 0 Å². The van der Waals surface area contributed by atoms with Crippen molar-refractivity contribution >= 4 is 15.5 Å². The van der Waals surface area contributed by atoms with Crippen LogP contribution in [0, 0.1) is 0 Å². The zero-order valence-corrected chi connectivity index (χ0v) is 12.4. The van der Waals surface area contributed by atoms with Gasteiger partial charge in [0.2, 0.25) is 0 Å². The summed E-state index contributed by atoms with van der Waals surface area (Å²) in [7, 11) is -2.86. The molecule has 0 aliphatic carbocycles. The molecule has 5 heteroatoms. The van der Waals surface area contributed by atoms with Crippen LogP contribution in [0.5, 0.6) is 0 Å². The van der Waals surface area contributed by atoms with Crippen LogP contribution >= 0.6 is 0 Å². The largest absolute Gasteiger partial charge is 0.367 e. The molecule has 1 saturated heterocycles. The monoisotopic (exact) mass is 282 g/mol. The van der Waals surface area contributed by atoms with E-state index in [1.54, 1.807) is 0 Å². The van der Waals surface area contributed by atoms with Crippen LogP contribution in [0.4, 0.5) is 5.69 Å². The summed E-state index contributed by atoms with van der Waals surface area (Å²) < 4.78 is 23.1. The van der Waals surface area contributed by atoms with Crippen molar-refractivity contribution in [1.82, 2.24) is 0 Å². The van der Waals surface area contributed by atoms with E-state index < -0.39 is 9.84 Å². The maximum atomic E-state index is 11.6. The Labute approximate surface area is 115 Å². The molecular weight excluding hydrogens is 260 g/mol. The lowest BCUT2D eigenvalue weighted by atomic mass is 10.1. The number of hydrogen-bond acceptors (Lipinski definition) is 4. The Morgan fingerprint density at radius 3 is 2.53 bits per heavy atom. The molecule has 2 rings (SSSR count). The number of nitrogens with zero attached hydrogens (tertiary/aromatic N) is 1. The van der Waals surface area contributed by atoms with Gasteiger partial charge in [0.15, 0.2) is 9.84 Å². The minimum atomic E-state index is -2.86. The molecule has 0 radical (unpaired) electrons. The number of hydrogen-bond donors (Lipinski definition) is 1. The number of benzene rings is 1. The van der Waals surface area contributed by atoms with E-state index in [1.807, 2.05) is 13.8 Å². The molecule has 19 heavy (non-hydrogen) atoms. The predicted molar refractivity (Wildman–Crippen MR) is 79.3 cm³/mol. The second-order valence-corrected chi connectivity index (χ2v) is 7.73. The molecule has 0 aromatic heterocycles. The van der Waals surface area contributed by atoms with Gasteiger partial charge in [-0.2, -0.15) is 0 Å². The minimum absolute atomic E-state index is 0.0398. The van der Waals surface area contributed by atoms with Crippen molar-refractivity contribution in [3.05, 3.63) is 29.8 Å². The Hall–Kier alpha value is -1.07. The summed E-state index contributed by atoms with van der Waals surface area (Å²) in [6.45, 7) is 4.54. The fourth-order valence-electron chi connectivity index (χ4n) is 2.58. The highest BCUT2D eigenvalue weighted by Crippen LogP contribution is 2.22. The van der Waals surface area contributed by atoms with E-state index in [0.717, 1.165) is 12.1 Å². The first-order valence-corrected chi connectivity index (χ1v) is 8.51. The molecule has 1 fully saturated rings. The Kier molecular flexibility index (Phi) is 4.16. The molecule has 4 nitrogen and oxygen atoms in total. The third-order valence-corrected chi connectivity index (χ3v) is 5.29. The lowest BCUT2D eigenvalue weighted by Crippen LogP contribution is -2.47. The third-order valence-electron chi connectivity index (χ3n) is 3.50. The molecular formula is C14H22N2O2S. The van der Waals surface area contributed by atoms with Gasteiger partial charge in [-0.25, -0.2) is 8.42 Å². The summed E-state index contributed by atoms with van der Waals surface area (Å²) in [5, 5.41) is 0. The number of rotatable bonds is 3. The van der Waals surface area contributed by atoms with Gasteiger partial charge in [0.05, 0.1) is 11.5 Å². The van der Waals surface area contributed by atoms with Crippen molar-refractivity contribution in [3.8, 4) is 0 Å². The van der Waals surface area contributed by atoms with Crippen LogP contribution in [-0.4, -0.2) is 38.6 Å². The number of anilines is 1. The zero-order valence-electron chi connectivity index (χ0n) is 11.5. The predicted octanol–water partition coefficient (Wildman–Crippen LogP) is 1.20. The van der Waals surface area contributed by atoms with Gasteiger partial charge in [0.25, 0.3) is 0 Å². The smallest absolute Gasteiger partial charge is 0.154 e. The Bertz CT molecular complexity index is 523. The highest BCUT2D eigenvalue weighted by atomic mass is 32.2. The summed E-state index contributed by atoms with van der Waals surface area (Å²) >= 11 is 0. The van der Waals surface area contributed by atoms with Crippen LogP contribution in [0.15, 0.2) is 24.3 Å². The molecule has 0 bridgehead atoms. The SMILES string of the molecule is CC(N)Cc1ccc(N2CCS(=O)(=O)CC2C)cc1. The second kappa shape index (κ2) is 5.51. The van der Waals surface area contributed by atoms with Crippen molar-refractivity contribution in [2.45, 2.75) is 32.4 Å². The summed E-state index contributed by atoms with van der Waals surface area (Å²) in [6, 6.07) is 8.48. The molecule has 1 heterocycles. The van der Waals surface area contributed by atoms with Gasteiger partial charge in [-0.3, -0.25) is 0 Å². The quantitative estimate of drug-likeness (QED) is 0.905. The number of nitrogens with two attached hydrogens (primary N) is 1. The van der Waals surface area contributed by atoms with E-state index in [4.69, 9.17) is 5.73 Å². The van der Waals surface area contributed by atoms with E-state index in [9.17, 15) is 8.42 Å². The summed E-state index contributed by atoms with van der Waals surface area (Å²) in [6.07, 6.45) is 0.865. The minimum Gasteiger partial charge on any atom is -0.367 e. The fourth-order valence-corrected chi connectivity index (χ4v) is 4.13. The van der Waals surface area contributed by atoms with E-state index in [-0.39, 0.29) is 23.6 Å². The maximum Gasteiger partial charge on any atom is 0.154 e. The summed E-state index contributed by atoms with van der Waals surface area (Å²) in [5.41, 5.74) is 8.09. The van der Waals surface area contributed by atoms with E-state index in [0.29, 0.717) is 6.54 Å².